The number of methoxy groups -OCH3 is 1. The standard InChI is InChI=1S/C14H17FO5/c1-18-7-8-19-9-10-20-14-11(5-6-13(16)17)3-2-4-12(14)15/h2-6H,7-10H2,1H3,(H,16,17)/b6-5+. The molecule has 1 rings (SSSR count). The van der Waals surface area contributed by atoms with Gasteiger partial charge in [0.1, 0.15) is 6.61 Å². The Morgan fingerprint density at radius 1 is 1.30 bits per heavy atom. The number of carboxylic acids is 1. The van der Waals surface area contributed by atoms with E-state index in [4.69, 9.17) is 19.3 Å². The Morgan fingerprint density at radius 2 is 2.05 bits per heavy atom. The molecule has 0 fully saturated rings. The van der Waals surface area contributed by atoms with Crippen LogP contribution >= 0.6 is 0 Å². The van der Waals surface area contributed by atoms with Crippen molar-refractivity contribution in [3.05, 3.63) is 35.7 Å². The lowest BCUT2D eigenvalue weighted by Gasteiger charge is -2.10. The van der Waals surface area contributed by atoms with Crippen LogP contribution in [0.4, 0.5) is 4.39 Å². The molecule has 0 aliphatic carbocycles. The highest BCUT2D eigenvalue weighted by molar-refractivity contribution is 5.85. The second-order valence-corrected chi connectivity index (χ2v) is 3.78. The molecule has 1 aromatic carbocycles. The van der Waals surface area contributed by atoms with Crippen LogP contribution in [0, 0.1) is 5.82 Å². The molecule has 1 aromatic rings. The van der Waals surface area contributed by atoms with E-state index in [1.54, 1.807) is 13.2 Å². The van der Waals surface area contributed by atoms with Gasteiger partial charge in [0, 0.05) is 18.7 Å². The molecule has 1 N–H and O–H groups in total. The summed E-state index contributed by atoms with van der Waals surface area (Å²) in [6, 6.07) is 4.31. The zero-order valence-corrected chi connectivity index (χ0v) is 11.2. The summed E-state index contributed by atoms with van der Waals surface area (Å²) in [6.45, 7) is 1.37. The van der Waals surface area contributed by atoms with Gasteiger partial charge in [0.2, 0.25) is 0 Å². The van der Waals surface area contributed by atoms with Gasteiger partial charge < -0.3 is 19.3 Å². The van der Waals surface area contributed by atoms with Crippen molar-refractivity contribution in [1.82, 2.24) is 0 Å². The second kappa shape index (κ2) is 9.06. The summed E-state index contributed by atoms with van der Waals surface area (Å²) in [6.07, 6.45) is 2.21. The fourth-order valence-electron chi connectivity index (χ4n) is 1.42. The fraction of sp³-hybridized carbons (Fsp3) is 0.357. The third-order valence-corrected chi connectivity index (χ3v) is 2.31. The Kier molecular flexibility index (Phi) is 7.31. The first-order valence-electron chi connectivity index (χ1n) is 6.04. The zero-order chi connectivity index (χ0) is 14.8. The molecule has 0 unspecified atom stereocenters. The van der Waals surface area contributed by atoms with Crippen LogP contribution in [0.25, 0.3) is 6.08 Å². The largest absolute Gasteiger partial charge is 0.487 e. The predicted octanol–water partition coefficient (Wildman–Crippen LogP) is 1.97. The molecule has 6 heteroatoms. The summed E-state index contributed by atoms with van der Waals surface area (Å²) in [5, 5.41) is 8.58. The topological polar surface area (TPSA) is 65.0 Å². The van der Waals surface area contributed by atoms with Crippen LogP contribution in [0.15, 0.2) is 24.3 Å². The van der Waals surface area contributed by atoms with Crippen LogP contribution in [-0.2, 0) is 14.3 Å². The lowest BCUT2D eigenvalue weighted by molar-refractivity contribution is -0.131. The first-order valence-corrected chi connectivity index (χ1v) is 6.04. The quantitative estimate of drug-likeness (QED) is 0.555. The second-order valence-electron chi connectivity index (χ2n) is 3.78. The predicted molar refractivity (Wildman–Crippen MR) is 71.3 cm³/mol. The smallest absolute Gasteiger partial charge is 0.328 e. The van der Waals surface area contributed by atoms with Gasteiger partial charge in [0.15, 0.2) is 11.6 Å². The number of carboxylic acid groups (broad SMARTS) is 1. The summed E-state index contributed by atoms with van der Waals surface area (Å²) < 4.78 is 28.9. The van der Waals surface area contributed by atoms with Crippen LogP contribution in [0.2, 0.25) is 0 Å². The summed E-state index contributed by atoms with van der Waals surface area (Å²) in [5.74, 6) is -1.64. The number of ether oxygens (including phenoxy) is 3. The van der Waals surface area contributed by atoms with E-state index in [-0.39, 0.29) is 12.4 Å². The van der Waals surface area contributed by atoms with Crippen molar-refractivity contribution >= 4 is 12.0 Å². The Hall–Kier alpha value is -1.92. The minimum atomic E-state index is -1.11. The van der Waals surface area contributed by atoms with Gasteiger partial charge >= 0.3 is 5.97 Å². The summed E-state index contributed by atoms with van der Waals surface area (Å²) in [4.78, 5) is 10.5. The molecule has 0 amide bonds. The van der Waals surface area contributed by atoms with Crippen molar-refractivity contribution in [2.75, 3.05) is 33.5 Å². The molecule has 0 saturated heterocycles. The van der Waals surface area contributed by atoms with E-state index in [0.29, 0.717) is 25.4 Å². The van der Waals surface area contributed by atoms with Crippen molar-refractivity contribution in [1.29, 1.82) is 0 Å². The van der Waals surface area contributed by atoms with E-state index < -0.39 is 11.8 Å². The number of halogens is 1. The lowest BCUT2D eigenvalue weighted by atomic mass is 10.2. The monoisotopic (exact) mass is 284 g/mol. The average Bonchev–Trinajstić information content (AvgIpc) is 2.42. The Balaban J connectivity index is 2.57. The fourth-order valence-corrected chi connectivity index (χ4v) is 1.42. The van der Waals surface area contributed by atoms with Gasteiger partial charge in [-0.05, 0) is 12.1 Å². The van der Waals surface area contributed by atoms with Crippen molar-refractivity contribution in [2.24, 2.45) is 0 Å². The number of para-hydroxylation sites is 1. The third kappa shape index (κ3) is 5.81. The maximum atomic E-state index is 13.6. The van der Waals surface area contributed by atoms with Gasteiger partial charge in [-0.25, -0.2) is 9.18 Å². The number of benzene rings is 1. The van der Waals surface area contributed by atoms with Gasteiger partial charge in [-0.2, -0.15) is 0 Å². The van der Waals surface area contributed by atoms with Crippen molar-refractivity contribution in [3.8, 4) is 5.75 Å². The zero-order valence-electron chi connectivity index (χ0n) is 11.2. The molecule has 0 atom stereocenters. The Bertz CT molecular complexity index is 459. The number of aliphatic carboxylic acids is 1. The van der Waals surface area contributed by atoms with E-state index >= 15 is 0 Å². The molecule has 0 spiro atoms. The van der Waals surface area contributed by atoms with Crippen molar-refractivity contribution in [2.45, 2.75) is 0 Å². The van der Waals surface area contributed by atoms with Gasteiger partial charge in [0.05, 0.1) is 19.8 Å². The van der Waals surface area contributed by atoms with Crippen LogP contribution in [0.5, 0.6) is 5.75 Å². The van der Waals surface area contributed by atoms with E-state index in [1.165, 1.54) is 18.2 Å². The van der Waals surface area contributed by atoms with Gasteiger partial charge in [-0.3, -0.25) is 0 Å². The first kappa shape index (κ1) is 16.1. The number of carbonyl (C=O) groups is 1. The molecule has 0 radical (unpaired) electrons. The highest BCUT2D eigenvalue weighted by Gasteiger charge is 2.08. The highest BCUT2D eigenvalue weighted by Crippen LogP contribution is 2.23. The molecule has 0 aliphatic rings. The molecule has 0 aromatic heterocycles. The molecular formula is C14H17FO5. The molecule has 0 saturated carbocycles. The van der Waals surface area contributed by atoms with Crippen LogP contribution in [0.1, 0.15) is 5.56 Å². The lowest BCUT2D eigenvalue weighted by Crippen LogP contribution is -2.11. The van der Waals surface area contributed by atoms with Crippen LogP contribution < -0.4 is 4.74 Å². The summed E-state index contributed by atoms with van der Waals surface area (Å²) in [7, 11) is 1.57. The molecule has 110 valence electrons. The Morgan fingerprint density at radius 3 is 2.75 bits per heavy atom. The molecule has 0 bridgehead atoms. The van der Waals surface area contributed by atoms with Crippen molar-refractivity contribution in [3.63, 3.8) is 0 Å². The third-order valence-electron chi connectivity index (χ3n) is 2.31. The first-order chi connectivity index (χ1) is 9.65. The van der Waals surface area contributed by atoms with E-state index in [9.17, 15) is 9.18 Å². The highest BCUT2D eigenvalue weighted by atomic mass is 19.1. The SMILES string of the molecule is COCCOCCOc1c(F)cccc1/C=C/C(=O)O. The number of hydrogen-bond donors (Lipinski definition) is 1. The average molecular weight is 284 g/mol. The number of hydrogen-bond acceptors (Lipinski definition) is 4. The molecular weight excluding hydrogens is 267 g/mol. The molecule has 20 heavy (non-hydrogen) atoms. The normalized spacial score (nSPS) is 10.9. The van der Waals surface area contributed by atoms with E-state index in [0.717, 1.165) is 6.08 Å². The van der Waals surface area contributed by atoms with E-state index in [2.05, 4.69) is 0 Å². The van der Waals surface area contributed by atoms with Gasteiger partial charge in [-0.1, -0.05) is 12.1 Å². The van der Waals surface area contributed by atoms with Crippen LogP contribution in [-0.4, -0.2) is 44.6 Å². The minimum Gasteiger partial charge on any atom is -0.487 e. The summed E-state index contributed by atoms with van der Waals surface area (Å²) in [5.41, 5.74) is 0.365. The summed E-state index contributed by atoms with van der Waals surface area (Å²) >= 11 is 0. The molecule has 0 heterocycles. The van der Waals surface area contributed by atoms with Gasteiger partial charge in [-0.15, -0.1) is 0 Å². The van der Waals surface area contributed by atoms with Crippen LogP contribution in [0.3, 0.4) is 0 Å². The minimum absolute atomic E-state index is 0.0142. The Labute approximate surface area is 116 Å². The van der Waals surface area contributed by atoms with Crippen molar-refractivity contribution < 1.29 is 28.5 Å². The molecule has 5 nitrogen and oxygen atoms in total. The molecule has 0 aliphatic heterocycles. The van der Waals surface area contributed by atoms with Gasteiger partial charge in [0.25, 0.3) is 0 Å². The maximum absolute atomic E-state index is 13.6. The maximum Gasteiger partial charge on any atom is 0.328 e. The van der Waals surface area contributed by atoms with E-state index in [1.807, 2.05) is 0 Å². The number of rotatable bonds is 9.